The Balaban J connectivity index is 3.45. The highest BCUT2D eigenvalue weighted by Crippen LogP contribution is 2.31. The molecule has 0 aromatic carbocycles. The largest absolute Gasteiger partial charge is 0.159 e. The van der Waals surface area contributed by atoms with Crippen LogP contribution in [0.3, 0.4) is 0 Å². The van der Waals surface area contributed by atoms with Gasteiger partial charge in [-0.15, -0.1) is 0 Å². The molecule has 0 rings (SSSR count). The topological polar surface area (TPSA) is 0 Å². The summed E-state index contributed by atoms with van der Waals surface area (Å²) in [4.78, 5) is 0. The van der Waals surface area contributed by atoms with Gasteiger partial charge in [0.1, 0.15) is 0 Å². The molecule has 0 aromatic heterocycles. The molecule has 1 atom stereocenters. The Hall–Kier alpha value is 0.350. The number of unbranched alkanes of at least 4 members (excludes halogenated alkanes) is 3. The van der Waals surface area contributed by atoms with Crippen LogP contribution in [0.5, 0.6) is 0 Å². The summed E-state index contributed by atoms with van der Waals surface area (Å²) >= 11 is 2.03. The van der Waals surface area contributed by atoms with Gasteiger partial charge < -0.3 is 0 Å². The standard InChI is InChI=1S/C11H24S/c1-5-7-8-9-10-11(3,6-2)12-4/h5-10H2,1-4H3. The van der Waals surface area contributed by atoms with E-state index in [1.807, 2.05) is 11.8 Å². The van der Waals surface area contributed by atoms with E-state index in [1.165, 1.54) is 38.5 Å². The summed E-state index contributed by atoms with van der Waals surface area (Å²) in [6.45, 7) is 6.97. The molecule has 0 radical (unpaired) electrons. The predicted octanol–water partition coefficient (Wildman–Crippen LogP) is 4.49. The first-order valence-electron chi connectivity index (χ1n) is 5.23. The van der Waals surface area contributed by atoms with Gasteiger partial charge in [-0.2, -0.15) is 11.8 Å². The molecule has 0 aliphatic rings. The zero-order chi connectivity index (χ0) is 9.45. The van der Waals surface area contributed by atoms with Crippen molar-refractivity contribution in [2.24, 2.45) is 0 Å². The second-order valence-corrected chi connectivity index (χ2v) is 5.21. The molecule has 0 aliphatic heterocycles. The lowest BCUT2D eigenvalue weighted by molar-refractivity contribution is 0.518. The third-order valence-electron chi connectivity index (χ3n) is 2.80. The van der Waals surface area contributed by atoms with Gasteiger partial charge in [0, 0.05) is 4.75 Å². The molecule has 1 heteroatoms. The Morgan fingerprint density at radius 2 is 1.75 bits per heavy atom. The first-order valence-corrected chi connectivity index (χ1v) is 6.46. The van der Waals surface area contributed by atoms with Crippen LogP contribution in [0.25, 0.3) is 0 Å². The monoisotopic (exact) mass is 188 g/mol. The summed E-state index contributed by atoms with van der Waals surface area (Å²) in [7, 11) is 0. The molecule has 74 valence electrons. The molecule has 0 amide bonds. The molecular weight excluding hydrogens is 164 g/mol. The van der Waals surface area contributed by atoms with E-state index < -0.39 is 0 Å². The maximum Gasteiger partial charge on any atom is 0.0126 e. The van der Waals surface area contributed by atoms with E-state index in [-0.39, 0.29) is 0 Å². The molecule has 0 saturated heterocycles. The van der Waals surface area contributed by atoms with Crippen LogP contribution in [0.15, 0.2) is 0 Å². The average molecular weight is 188 g/mol. The van der Waals surface area contributed by atoms with Crippen molar-refractivity contribution in [3.8, 4) is 0 Å². The molecule has 0 spiro atoms. The van der Waals surface area contributed by atoms with Crippen LogP contribution in [-0.2, 0) is 0 Å². The van der Waals surface area contributed by atoms with Crippen LogP contribution < -0.4 is 0 Å². The lowest BCUT2D eigenvalue weighted by atomic mass is 9.99. The quantitative estimate of drug-likeness (QED) is 0.530. The number of thioether (sulfide) groups is 1. The van der Waals surface area contributed by atoms with Crippen LogP contribution in [0.1, 0.15) is 59.3 Å². The minimum absolute atomic E-state index is 0.549. The molecule has 0 nitrogen and oxygen atoms in total. The van der Waals surface area contributed by atoms with Crippen molar-refractivity contribution in [1.29, 1.82) is 0 Å². The van der Waals surface area contributed by atoms with E-state index in [4.69, 9.17) is 0 Å². The van der Waals surface area contributed by atoms with Crippen molar-refractivity contribution >= 4 is 11.8 Å². The van der Waals surface area contributed by atoms with Crippen molar-refractivity contribution in [2.45, 2.75) is 64.0 Å². The van der Waals surface area contributed by atoms with Gasteiger partial charge >= 0.3 is 0 Å². The minimum Gasteiger partial charge on any atom is -0.159 e. The highest BCUT2D eigenvalue weighted by Gasteiger charge is 2.18. The van der Waals surface area contributed by atoms with Crippen LogP contribution in [0.2, 0.25) is 0 Å². The number of hydrogen-bond donors (Lipinski definition) is 0. The van der Waals surface area contributed by atoms with E-state index in [0.717, 1.165) is 0 Å². The second kappa shape index (κ2) is 6.82. The van der Waals surface area contributed by atoms with Gasteiger partial charge in [-0.05, 0) is 19.1 Å². The lowest BCUT2D eigenvalue weighted by Crippen LogP contribution is -2.17. The summed E-state index contributed by atoms with van der Waals surface area (Å²) in [5, 5.41) is 0. The molecule has 0 aromatic rings. The van der Waals surface area contributed by atoms with Crippen molar-refractivity contribution in [1.82, 2.24) is 0 Å². The van der Waals surface area contributed by atoms with Crippen molar-refractivity contribution in [3.63, 3.8) is 0 Å². The summed E-state index contributed by atoms with van der Waals surface area (Å²) < 4.78 is 0.549. The smallest absolute Gasteiger partial charge is 0.0126 e. The van der Waals surface area contributed by atoms with Crippen molar-refractivity contribution < 1.29 is 0 Å². The molecule has 0 bridgehead atoms. The van der Waals surface area contributed by atoms with E-state index in [0.29, 0.717) is 4.75 Å². The average Bonchev–Trinajstić information content (AvgIpc) is 2.12. The first kappa shape index (κ1) is 12.3. The fraction of sp³-hybridized carbons (Fsp3) is 1.00. The fourth-order valence-corrected chi connectivity index (χ4v) is 1.99. The predicted molar refractivity (Wildman–Crippen MR) is 61.0 cm³/mol. The molecule has 0 saturated carbocycles. The van der Waals surface area contributed by atoms with Crippen LogP contribution in [-0.4, -0.2) is 11.0 Å². The van der Waals surface area contributed by atoms with Gasteiger partial charge in [-0.3, -0.25) is 0 Å². The van der Waals surface area contributed by atoms with Gasteiger partial charge in [-0.25, -0.2) is 0 Å². The Morgan fingerprint density at radius 1 is 1.08 bits per heavy atom. The summed E-state index contributed by atoms with van der Waals surface area (Å²) in [6.07, 6.45) is 10.5. The van der Waals surface area contributed by atoms with Crippen LogP contribution in [0.4, 0.5) is 0 Å². The van der Waals surface area contributed by atoms with E-state index >= 15 is 0 Å². The highest BCUT2D eigenvalue weighted by atomic mass is 32.2. The third kappa shape index (κ3) is 5.08. The Labute approximate surface area is 82.5 Å². The van der Waals surface area contributed by atoms with E-state index in [1.54, 1.807) is 0 Å². The maximum absolute atomic E-state index is 2.39. The zero-order valence-electron chi connectivity index (χ0n) is 9.15. The molecule has 12 heavy (non-hydrogen) atoms. The number of rotatable bonds is 7. The molecule has 0 N–H and O–H groups in total. The normalized spacial score (nSPS) is 16.0. The van der Waals surface area contributed by atoms with Crippen LogP contribution >= 0.6 is 11.8 Å². The van der Waals surface area contributed by atoms with Gasteiger partial charge in [0.25, 0.3) is 0 Å². The van der Waals surface area contributed by atoms with Gasteiger partial charge in [0.05, 0.1) is 0 Å². The SMILES string of the molecule is CCCCCCC(C)(CC)SC. The Morgan fingerprint density at radius 3 is 2.17 bits per heavy atom. The second-order valence-electron chi connectivity index (χ2n) is 3.82. The Kier molecular flexibility index (Phi) is 7.02. The molecule has 0 fully saturated rings. The lowest BCUT2D eigenvalue weighted by Gasteiger charge is -2.25. The van der Waals surface area contributed by atoms with Crippen LogP contribution in [0, 0.1) is 0 Å². The van der Waals surface area contributed by atoms with E-state index in [9.17, 15) is 0 Å². The molecular formula is C11H24S. The van der Waals surface area contributed by atoms with Crippen molar-refractivity contribution in [2.75, 3.05) is 6.26 Å². The zero-order valence-corrected chi connectivity index (χ0v) is 9.97. The van der Waals surface area contributed by atoms with Gasteiger partial charge in [-0.1, -0.05) is 46.5 Å². The molecule has 1 unspecified atom stereocenters. The number of hydrogen-bond acceptors (Lipinski definition) is 1. The van der Waals surface area contributed by atoms with Gasteiger partial charge in [0.15, 0.2) is 0 Å². The van der Waals surface area contributed by atoms with E-state index in [2.05, 4.69) is 27.0 Å². The fourth-order valence-electron chi connectivity index (χ4n) is 1.35. The Bertz CT molecular complexity index is 95.2. The maximum atomic E-state index is 2.39. The summed E-state index contributed by atoms with van der Waals surface area (Å²) in [6, 6.07) is 0. The van der Waals surface area contributed by atoms with Gasteiger partial charge in [0.2, 0.25) is 0 Å². The summed E-state index contributed by atoms with van der Waals surface area (Å²) in [5.41, 5.74) is 0. The first-order chi connectivity index (χ1) is 5.68. The minimum atomic E-state index is 0.549. The molecule has 0 heterocycles. The third-order valence-corrected chi connectivity index (χ3v) is 4.28. The highest BCUT2D eigenvalue weighted by molar-refractivity contribution is 7.99. The van der Waals surface area contributed by atoms with Crippen molar-refractivity contribution in [3.05, 3.63) is 0 Å². The summed E-state index contributed by atoms with van der Waals surface area (Å²) in [5.74, 6) is 0. The molecule has 0 aliphatic carbocycles.